The summed E-state index contributed by atoms with van der Waals surface area (Å²) >= 11 is 0. The second-order valence-electron chi connectivity index (χ2n) is 8.13. The van der Waals surface area contributed by atoms with Crippen LogP contribution in [0.3, 0.4) is 0 Å². The van der Waals surface area contributed by atoms with E-state index in [1.54, 1.807) is 20.8 Å². The molecule has 0 aromatic heterocycles. The summed E-state index contributed by atoms with van der Waals surface area (Å²) in [5, 5.41) is 8.18. The molecule has 1 aliphatic carbocycles. The van der Waals surface area contributed by atoms with Crippen molar-refractivity contribution in [3.05, 3.63) is 35.9 Å². The van der Waals surface area contributed by atoms with E-state index in [1.165, 1.54) is 0 Å². The minimum atomic E-state index is -0.643. The molecule has 2 atom stereocenters. The number of hydrogen-bond acceptors (Lipinski definition) is 5. The van der Waals surface area contributed by atoms with Crippen LogP contribution in [0, 0.1) is 0 Å². The first kappa shape index (κ1) is 22.5. The Morgan fingerprint density at radius 3 is 2.21 bits per heavy atom. The quantitative estimate of drug-likeness (QED) is 0.675. The van der Waals surface area contributed by atoms with Crippen LogP contribution in [-0.4, -0.2) is 42.3 Å². The first-order chi connectivity index (χ1) is 13.7. The zero-order valence-electron chi connectivity index (χ0n) is 17.3. The van der Waals surface area contributed by atoms with Crippen molar-refractivity contribution in [3.8, 4) is 0 Å². The topological polar surface area (TPSA) is 106 Å². The van der Waals surface area contributed by atoms with Gasteiger partial charge in [-0.15, -0.1) is 0 Å². The number of alkyl carbamates (subject to hydrolysis) is 2. The van der Waals surface area contributed by atoms with Crippen molar-refractivity contribution in [1.82, 2.24) is 16.0 Å². The maximum absolute atomic E-state index is 12.2. The van der Waals surface area contributed by atoms with Gasteiger partial charge in [0.2, 0.25) is 5.91 Å². The Kier molecular flexibility index (Phi) is 8.30. The van der Waals surface area contributed by atoms with Gasteiger partial charge in [-0.1, -0.05) is 43.2 Å². The van der Waals surface area contributed by atoms with Crippen LogP contribution >= 0.6 is 0 Å². The lowest BCUT2D eigenvalue weighted by Gasteiger charge is -2.32. The summed E-state index contributed by atoms with van der Waals surface area (Å²) in [5.74, 6) is -0.327. The molecule has 1 aliphatic rings. The van der Waals surface area contributed by atoms with Gasteiger partial charge in [-0.2, -0.15) is 0 Å². The van der Waals surface area contributed by atoms with Crippen molar-refractivity contribution in [2.45, 2.75) is 70.7 Å². The average Bonchev–Trinajstić information content (AvgIpc) is 2.66. The predicted octanol–water partition coefficient (Wildman–Crippen LogP) is 2.86. The van der Waals surface area contributed by atoms with Gasteiger partial charge in [-0.3, -0.25) is 4.79 Å². The summed E-state index contributed by atoms with van der Waals surface area (Å²) < 4.78 is 10.4. The normalized spacial score (nSPS) is 19.0. The molecule has 0 radical (unpaired) electrons. The molecule has 0 bridgehead atoms. The van der Waals surface area contributed by atoms with E-state index in [0.717, 1.165) is 31.2 Å². The first-order valence-electron chi connectivity index (χ1n) is 9.96. The molecule has 0 unspecified atom stereocenters. The van der Waals surface area contributed by atoms with Gasteiger partial charge in [0.1, 0.15) is 18.8 Å². The van der Waals surface area contributed by atoms with E-state index in [1.807, 2.05) is 30.3 Å². The van der Waals surface area contributed by atoms with Crippen LogP contribution < -0.4 is 16.0 Å². The summed E-state index contributed by atoms with van der Waals surface area (Å²) in [7, 11) is 0. The van der Waals surface area contributed by atoms with Crippen molar-refractivity contribution in [2.24, 2.45) is 0 Å². The number of hydrogen-bond donors (Lipinski definition) is 3. The molecule has 0 saturated heterocycles. The number of carbonyl (C=O) groups excluding carboxylic acids is 3. The predicted molar refractivity (Wildman–Crippen MR) is 108 cm³/mol. The third kappa shape index (κ3) is 8.85. The highest BCUT2D eigenvalue weighted by molar-refractivity contribution is 5.82. The van der Waals surface area contributed by atoms with Crippen LogP contribution in [0.4, 0.5) is 9.59 Å². The van der Waals surface area contributed by atoms with Gasteiger partial charge in [-0.25, -0.2) is 9.59 Å². The van der Waals surface area contributed by atoms with Gasteiger partial charge in [0, 0.05) is 6.04 Å². The molecule has 29 heavy (non-hydrogen) atoms. The van der Waals surface area contributed by atoms with Gasteiger partial charge >= 0.3 is 12.2 Å². The zero-order chi connectivity index (χ0) is 21.3. The average molecular weight is 405 g/mol. The zero-order valence-corrected chi connectivity index (χ0v) is 17.3. The summed E-state index contributed by atoms with van der Waals surface area (Å²) in [5.41, 5.74) is 0.281. The lowest BCUT2D eigenvalue weighted by Crippen LogP contribution is -2.54. The Morgan fingerprint density at radius 1 is 0.966 bits per heavy atom. The molecular formula is C21H31N3O5. The molecule has 3 amide bonds. The molecular weight excluding hydrogens is 374 g/mol. The SMILES string of the molecule is CC(C)(C)OC(=O)NCC(=O)N[C@H]1CCCC[C@H]1NC(=O)OCc1ccccc1. The van der Waals surface area contributed by atoms with E-state index in [-0.39, 0.29) is 31.1 Å². The van der Waals surface area contributed by atoms with Gasteiger partial charge in [0.05, 0.1) is 6.04 Å². The van der Waals surface area contributed by atoms with Crippen molar-refractivity contribution < 1.29 is 23.9 Å². The van der Waals surface area contributed by atoms with Crippen molar-refractivity contribution in [2.75, 3.05) is 6.54 Å². The molecule has 160 valence electrons. The van der Waals surface area contributed by atoms with Gasteiger partial charge in [0.25, 0.3) is 0 Å². The Bertz CT molecular complexity index is 687. The van der Waals surface area contributed by atoms with E-state index >= 15 is 0 Å². The van der Waals surface area contributed by atoms with Crippen molar-refractivity contribution in [1.29, 1.82) is 0 Å². The maximum Gasteiger partial charge on any atom is 0.408 e. The maximum atomic E-state index is 12.2. The molecule has 0 heterocycles. The Morgan fingerprint density at radius 2 is 1.59 bits per heavy atom. The minimum Gasteiger partial charge on any atom is -0.445 e. The van der Waals surface area contributed by atoms with Crippen LogP contribution in [0.5, 0.6) is 0 Å². The fourth-order valence-electron chi connectivity index (χ4n) is 3.12. The van der Waals surface area contributed by atoms with Gasteiger partial charge in [-0.05, 0) is 39.2 Å². The molecule has 1 aromatic carbocycles. The highest BCUT2D eigenvalue weighted by Crippen LogP contribution is 2.19. The largest absolute Gasteiger partial charge is 0.445 e. The lowest BCUT2D eigenvalue weighted by atomic mass is 9.90. The summed E-state index contributed by atoms with van der Waals surface area (Å²) in [6.07, 6.45) is 2.28. The number of amides is 3. The molecule has 8 nitrogen and oxygen atoms in total. The van der Waals surface area contributed by atoms with Crippen LogP contribution in [0.15, 0.2) is 30.3 Å². The third-order valence-electron chi connectivity index (χ3n) is 4.42. The summed E-state index contributed by atoms with van der Waals surface area (Å²) in [4.78, 5) is 36.0. The standard InChI is InChI=1S/C21H31N3O5/c1-21(2,3)29-19(26)22-13-18(25)23-16-11-7-8-12-17(16)24-20(27)28-14-15-9-5-4-6-10-15/h4-6,9-10,16-17H,7-8,11-14H2,1-3H3,(H,22,26)(H,23,25)(H,24,27)/t16-,17+/m0/s1. The fraction of sp³-hybridized carbons (Fsp3) is 0.571. The van der Waals surface area contributed by atoms with E-state index in [4.69, 9.17) is 9.47 Å². The molecule has 1 aromatic rings. The Hall–Kier alpha value is -2.77. The smallest absolute Gasteiger partial charge is 0.408 e. The van der Waals surface area contributed by atoms with E-state index in [2.05, 4.69) is 16.0 Å². The number of nitrogens with one attached hydrogen (secondary N) is 3. The van der Waals surface area contributed by atoms with Gasteiger partial charge in [0.15, 0.2) is 0 Å². The second kappa shape index (κ2) is 10.7. The van der Waals surface area contributed by atoms with Crippen LogP contribution in [-0.2, 0) is 20.9 Å². The Labute approximate surface area is 171 Å². The number of carbonyl (C=O) groups is 3. The second-order valence-corrected chi connectivity index (χ2v) is 8.13. The molecule has 8 heteroatoms. The van der Waals surface area contributed by atoms with Gasteiger partial charge < -0.3 is 25.4 Å². The highest BCUT2D eigenvalue weighted by Gasteiger charge is 2.28. The lowest BCUT2D eigenvalue weighted by molar-refractivity contribution is -0.121. The Balaban J connectivity index is 1.77. The minimum absolute atomic E-state index is 0.184. The molecule has 3 N–H and O–H groups in total. The van der Waals surface area contributed by atoms with Crippen LogP contribution in [0.1, 0.15) is 52.0 Å². The molecule has 0 spiro atoms. The monoisotopic (exact) mass is 405 g/mol. The third-order valence-corrected chi connectivity index (χ3v) is 4.42. The van der Waals surface area contributed by atoms with E-state index in [9.17, 15) is 14.4 Å². The molecule has 1 saturated carbocycles. The summed E-state index contributed by atoms with van der Waals surface area (Å²) in [6.45, 7) is 5.26. The number of benzene rings is 1. The molecule has 0 aliphatic heterocycles. The molecule has 2 rings (SSSR count). The van der Waals surface area contributed by atoms with Crippen LogP contribution in [0.25, 0.3) is 0 Å². The van der Waals surface area contributed by atoms with E-state index < -0.39 is 17.8 Å². The van der Waals surface area contributed by atoms with E-state index in [0.29, 0.717) is 0 Å². The highest BCUT2D eigenvalue weighted by atomic mass is 16.6. The van der Waals surface area contributed by atoms with Crippen molar-refractivity contribution in [3.63, 3.8) is 0 Å². The summed E-state index contributed by atoms with van der Waals surface area (Å²) in [6, 6.07) is 9.02. The van der Waals surface area contributed by atoms with Crippen molar-refractivity contribution >= 4 is 18.1 Å². The first-order valence-corrected chi connectivity index (χ1v) is 9.96. The number of rotatable bonds is 6. The molecule has 1 fully saturated rings. The number of ether oxygens (including phenoxy) is 2. The van der Waals surface area contributed by atoms with Crippen LogP contribution in [0.2, 0.25) is 0 Å². The fourth-order valence-corrected chi connectivity index (χ4v) is 3.12.